The van der Waals surface area contributed by atoms with Gasteiger partial charge in [0.2, 0.25) is 0 Å². The Morgan fingerprint density at radius 1 is 1.19 bits per heavy atom. The van der Waals surface area contributed by atoms with Gasteiger partial charge in [0, 0.05) is 11.6 Å². The number of carbonyl (C=O) groups is 2. The number of nitrogens with zero attached hydrogens (tertiary/aromatic N) is 1. The zero-order chi connectivity index (χ0) is 19.2. The second kappa shape index (κ2) is 8.62. The highest BCUT2D eigenvalue weighted by Crippen LogP contribution is 2.16. The maximum Gasteiger partial charge on any atom is 0.412 e. The molecule has 26 heavy (non-hydrogen) atoms. The van der Waals surface area contributed by atoms with Gasteiger partial charge in [0.25, 0.3) is 0 Å². The monoisotopic (exact) mass is 359 g/mol. The van der Waals surface area contributed by atoms with Crippen LogP contribution < -0.4 is 10.6 Å². The number of benzene rings is 1. The third kappa shape index (κ3) is 6.33. The summed E-state index contributed by atoms with van der Waals surface area (Å²) < 4.78 is 10.5. The van der Waals surface area contributed by atoms with Gasteiger partial charge in [0.1, 0.15) is 18.0 Å². The maximum absolute atomic E-state index is 12.0. The Morgan fingerprint density at radius 2 is 1.88 bits per heavy atom. The fraction of sp³-hybridized carbons (Fsp3) is 0.421. The highest BCUT2D eigenvalue weighted by Gasteiger charge is 2.20. The Labute approximate surface area is 153 Å². The van der Waals surface area contributed by atoms with E-state index in [1.165, 1.54) is 0 Å². The molecule has 1 unspecified atom stereocenters. The van der Waals surface area contributed by atoms with Crippen molar-refractivity contribution in [1.82, 2.24) is 10.3 Å². The molecule has 0 bridgehead atoms. The molecule has 0 saturated carbocycles. The number of hydrogen-bond acceptors (Lipinski definition) is 6. The van der Waals surface area contributed by atoms with Crippen LogP contribution in [0.1, 0.15) is 27.2 Å². The van der Waals surface area contributed by atoms with Gasteiger partial charge >= 0.3 is 12.1 Å². The predicted molar refractivity (Wildman–Crippen MR) is 100 cm³/mol. The lowest BCUT2D eigenvalue weighted by atomic mass is 10.2. The van der Waals surface area contributed by atoms with Crippen molar-refractivity contribution in [2.75, 3.05) is 19.0 Å². The summed E-state index contributed by atoms with van der Waals surface area (Å²) in [6, 6.07) is 9.16. The van der Waals surface area contributed by atoms with Crippen LogP contribution in [0.5, 0.6) is 0 Å². The number of amides is 1. The Bertz CT molecular complexity index is 771. The summed E-state index contributed by atoms with van der Waals surface area (Å²) in [6.45, 7) is 5.45. The third-order valence-corrected chi connectivity index (χ3v) is 3.52. The first-order chi connectivity index (χ1) is 12.3. The standard InChI is InChI=1S/C19H25N3O4/c1-19(2,3)26-17(23)10-15(20-4)12-25-18(24)22-16-9-13-7-5-6-8-14(13)11-21-16/h5-9,11,15,20H,10,12H2,1-4H3,(H,21,22,24). The minimum Gasteiger partial charge on any atom is -0.460 e. The highest BCUT2D eigenvalue weighted by atomic mass is 16.6. The molecular weight excluding hydrogens is 334 g/mol. The lowest BCUT2D eigenvalue weighted by molar-refractivity contribution is -0.155. The third-order valence-electron chi connectivity index (χ3n) is 3.52. The average molecular weight is 359 g/mol. The minimum atomic E-state index is -0.628. The van der Waals surface area contributed by atoms with E-state index in [9.17, 15) is 9.59 Å². The quantitative estimate of drug-likeness (QED) is 0.771. The number of esters is 1. The molecule has 0 aliphatic rings. The van der Waals surface area contributed by atoms with Gasteiger partial charge in [-0.25, -0.2) is 9.78 Å². The number of anilines is 1. The molecule has 7 heteroatoms. The van der Waals surface area contributed by atoms with Crippen LogP contribution in [0.2, 0.25) is 0 Å². The second-order valence-corrected chi connectivity index (χ2v) is 6.92. The smallest absolute Gasteiger partial charge is 0.412 e. The first-order valence-corrected chi connectivity index (χ1v) is 8.44. The van der Waals surface area contributed by atoms with Crippen molar-refractivity contribution in [1.29, 1.82) is 0 Å². The van der Waals surface area contributed by atoms with Gasteiger partial charge in [0.05, 0.1) is 12.5 Å². The largest absolute Gasteiger partial charge is 0.460 e. The number of carbonyl (C=O) groups excluding carboxylic acids is 2. The van der Waals surface area contributed by atoms with Gasteiger partial charge in [-0.2, -0.15) is 0 Å². The normalized spacial score (nSPS) is 12.5. The van der Waals surface area contributed by atoms with Gasteiger partial charge in [-0.05, 0) is 39.3 Å². The molecule has 0 saturated heterocycles. The van der Waals surface area contributed by atoms with Crippen molar-refractivity contribution >= 4 is 28.7 Å². The summed E-state index contributed by atoms with van der Waals surface area (Å²) in [5.74, 6) is 0.0545. The molecule has 1 aromatic heterocycles. The molecule has 0 aliphatic carbocycles. The fourth-order valence-electron chi connectivity index (χ4n) is 2.30. The summed E-state index contributed by atoms with van der Waals surface area (Å²) >= 11 is 0. The zero-order valence-electron chi connectivity index (χ0n) is 15.5. The van der Waals surface area contributed by atoms with Gasteiger partial charge < -0.3 is 14.8 Å². The first kappa shape index (κ1) is 19.7. The molecule has 2 rings (SSSR count). The van der Waals surface area contributed by atoms with Crippen molar-refractivity contribution in [2.45, 2.75) is 38.8 Å². The van der Waals surface area contributed by atoms with E-state index in [1.54, 1.807) is 40.1 Å². The molecule has 2 aromatic rings. The van der Waals surface area contributed by atoms with E-state index in [-0.39, 0.29) is 25.0 Å². The summed E-state index contributed by atoms with van der Waals surface area (Å²) in [5.41, 5.74) is -0.546. The van der Waals surface area contributed by atoms with E-state index < -0.39 is 11.7 Å². The molecule has 1 aromatic carbocycles. The van der Waals surface area contributed by atoms with Crippen LogP contribution >= 0.6 is 0 Å². The van der Waals surface area contributed by atoms with Gasteiger partial charge in [0.15, 0.2) is 0 Å². The number of likely N-dealkylation sites (N-methyl/N-ethyl adjacent to an activating group) is 1. The van der Waals surface area contributed by atoms with Crippen molar-refractivity contribution in [2.24, 2.45) is 0 Å². The fourth-order valence-corrected chi connectivity index (χ4v) is 2.30. The second-order valence-electron chi connectivity index (χ2n) is 6.92. The number of fused-ring (bicyclic) bond motifs is 1. The van der Waals surface area contributed by atoms with Crippen LogP contribution in [-0.4, -0.2) is 42.3 Å². The van der Waals surface area contributed by atoms with Crippen molar-refractivity contribution in [3.8, 4) is 0 Å². The first-order valence-electron chi connectivity index (χ1n) is 8.44. The molecular formula is C19H25N3O4. The van der Waals surface area contributed by atoms with Crippen LogP contribution in [0.4, 0.5) is 10.6 Å². The molecule has 1 heterocycles. The minimum absolute atomic E-state index is 0.0369. The number of nitrogens with one attached hydrogen (secondary N) is 2. The number of ether oxygens (including phenoxy) is 2. The molecule has 140 valence electrons. The Hall–Kier alpha value is -2.67. The predicted octanol–water partition coefficient (Wildman–Crippen LogP) is 3.10. The SMILES string of the molecule is CNC(COC(=O)Nc1cc2ccccc2cn1)CC(=O)OC(C)(C)C. The van der Waals surface area contributed by atoms with Gasteiger partial charge in [-0.15, -0.1) is 0 Å². The van der Waals surface area contributed by atoms with E-state index in [1.807, 2.05) is 24.3 Å². The lowest BCUT2D eigenvalue weighted by Crippen LogP contribution is -2.36. The Morgan fingerprint density at radius 3 is 2.54 bits per heavy atom. The molecule has 0 fully saturated rings. The van der Waals surface area contributed by atoms with E-state index >= 15 is 0 Å². The van der Waals surface area contributed by atoms with Crippen molar-refractivity contribution < 1.29 is 19.1 Å². The number of hydrogen-bond donors (Lipinski definition) is 2. The highest BCUT2D eigenvalue weighted by molar-refractivity contribution is 5.89. The van der Waals surface area contributed by atoms with Crippen LogP contribution in [0.25, 0.3) is 10.8 Å². The van der Waals surface area contributed by atoms with Crippen LogP contribution in [0, 0.1) is 0 Å². The van der Waals surface area contributed by atoms with Crippen LogP contribution in [-0.2, 0) is 14.3 Å². The molecule has 0 radical (unpaired) electrons. The molecule has 1 amide bonds. The van der Waals surface area contributed by atoms with Crippen molar-refractivity contribution in [3.05, 3.63) is 36.5 Å². The topological polar surface area (TPSA) is 89.5 Å². The lowest BCUT2D eigenvalue weighted by Gasteiger charge is -2.22. The number of aromatic nitrogens is 1. The summed E-state index contributed by atoms with van der Waals surface area (Å²) in [5, 5.41) is 7.48. The molecule has 0 aliphatic heterocycles. The van der Waals surface area contributed by atoms with E-state index in [0.717, 1.165) is 10.8 Å². The summed E-state index contributed by atoms with van der Waals surface area (Å²) in [4.78, 5) is 28.0. The van der Waals surface area contributed by atoms with Crippen molar-refractivity contribution in [3.63, 3.8) is 0 Å². The molecule has 1 atom stereocenters. The molecule has 2 N–H and O–H groups in total. The summed E-state index contributed by atoms with van der Waals surface area (Å²) in [7, 11) is 1.70. The average Bonchev–Trinajstić information content (AvgIpc) is 2.56. The number of pyridine rings is 1. The Balaban J connectivity index is 1.84. The van der Waals surface area contributed by atoms with E-state index in [4.69, 9.17) is 9.47 Å². The maximum atomic E-state index is 12.0. The van der Waals surface area contributed by atoms with Crippen LogP contribution in [0.3, 0.4) is 0 Å². The van der Waals surface area contributed by atoms with Gasteiger partial charge in [-0.1, -0.05) is 24.3 Å². The van der Waals surface area contributed by atoms with Crippen LogP contribution in [0.15, 0.2) is 36.5 Å². The number of rotatable bonds is 6. The van der Waals surface area contributed by atoms with E-state index in [2.05, 4.69) is 15.6 Å². The van der Waals surface area contributed by atoms with Gasteiger partial charge in [-0.3, -0.25) is 10.1 Å². The molecule has 0 spiro atoms. The van der Waals surface area contributed by atoms with E-state index in [0.29, 0.717) is 5.82 Å². The Kier molecular flexibility index (Phi) is 6.52. The zero-order valence-corrected chi connectivity index (χ0v) is 15.5. The molecule has 7 nitrogen and oxygen atoms in total. The summed E-state index contributed by atoms with van der Waals surface area (Å²) in [6.07, 6.45) is 1.16.